The first-order valence-corrected chi connectivity index (χ1v) is 11.4. The molecule has 0 saturated carbocycles. The van der Waals surface area contributed by atoms with E-state index in [0.29, 0.717) is 25.8 Å². The molecular formula is C21H38N8O5. The van der Waals surface area contributed by atoms with Gasteiger partial charge in [-0.05, 0) is 38.0 Å². The molecule has 4 atom stereocenters. The van der Waals surface area contributed by atoms with Crippen LogP contribution in [0.5, 0.6) is 0 Å². The number of nitrogens with one attached hydrogen (secondary N) is 2. The fraction of sp³-hybridized carbons (Fsp3) is 0.714. The van der Waals surface area contributed by atoms with E-state index in [9.17, 15) is 24.0 Å². The summed E-state index contributed by atoms with van der Waals surface area (Å²) < 4.78 is 0. The minimum atomic E-state index is -1.02. The predicted octanol–water partition coefficient (Wildman–Crippen LogP) is -2.55. The number of hydrogen-bond donors (Lipinski definition) is 6. The number of hydrogen-bond acceptors (Lipinski definition) is 7. The Morgan fingerprint density at radius 1 is 1.09 bits per heavy atom. The molecule has 0 aromatic rings. The molecule has 1 heterocycles. The zero-order chi connectivity index (χ0) is 25.8. The van der Waals surface area contributed by atoms with Crippen LogP contribution in [0.4, 0.5) is 0 Å². The molecule has 4 amide bonds. The van der Waals surface area contributed by atoms with Crippen molar-refractivity contribution in [2.45, 2.75) is 76.5 Å². The summed E-state index contributed by atoms with van der Waals surface area (Å²) in [6.45, 7) is 4.15. The standard InChI is InChI=1S/C21H38N8O5/c1-12(2)17(28-18(32)14(22)7-8-16(23)31)19(33)27-15(6-3-9-26-21(24)25)20(34)29-10-4-5-13(29)11-30/h11-15,17H,3-10,22H2,1-2H3,(H2,23,31)(H,27,33)(H,28,32)(H4,24,25,26)/t13-,14-,15-,17-/m0/s1. The van der Waals surface area contributed by atoms with Gasteiger partial charge in [-0.2, -0.15) is 0 Å². The minimum absolute atomic E-state index is 0.0432. The second-order valence-corrected chi connectivity index (χ2v) is 8.73. The van der Waals surface area contributed by atoms with Crippen LogP contribution >= 0.6 is 0 Å². The van der Waals surface area contributed by atoms with Crippen molar-refractivity contribution in [3.8, 4) is 0 Å². The van der Waals surface area contributed by atoms with Crippen molar-refractivity contribution in [1.29, 1.82) is 0 Å². The summed E-state index contributed by atoms with van der Waals surface area (Å²) in [7, 11) is 0. The van der Waals surface area contributed by atoms with Crippen LogP contribution in [0.25, 0.3) is 0 Å². The summed E-state index contributed by atoms with van der Waals surface area (Å²) in [5.41, 5.74) is 21.6. The van der Waals surface area contributed by atoms with Crippen molar-refractivity contribution < 1.29 is 24.0 Å². The molecule has 1 aliphatic rings. The lowest BCUT2D eigenvalue weighted by atomic mass is 10.0. The van der Waals surface area contributed by atoms with Gasteiger partial charge in [0.2, 0.25) is 23.6 Å². The topological polar surface area (TPSA) is 229 Å². The highest BCUT2D eigenvalue weighted by molar-refractivity contribution is 5.94. The highest BCUT2D eigenvalue weighted by Gasteiger charge is 2.35. The SMILES string of the molecule is CC(C)[C@H](NC(=O)[C@@H](N)CCC(N)=O)C(=O)N[C@@H](CCCN=C(N)N)C(=O)N1CCC[C@H]1C=O. The van der Waals surface area contributed by atoms with E-state index in [4.69, 9.17) is 22.9 Å². The summed E-state index contributed by atoms with van der Waals surface area (Å²) in [5, 5.41) is 5.31. The number of carbonyl (C=O) groups excluding carboxylic acids is 5. The molecule has 34 heavy (non-hydrogen) atoms. The number of nitrogens with two attached hydrogens (primary N) is 4. The summed E-state index contributed by atoms with van der Waals surface area (Å²) in [5.74, 6) is -2.53. The smallest absolute Gasteiger partial charge is 0.245 e. The second kappa shape index (κ2) is 14.1. The molecule has 0 aliphatic carbocycles. The molecule has 1 aliphatic heterocycles. The van der Waals surface area contributed by atoms with Gasteiger partial charge in [-0.1, -0.05) is 13.8 Å². The maximum atomic E-state index is 13.2. The van der Waals surface area contributed by atoms with Gasteiger partial charge in [-0.25, -0.2) is 0 Å². The molecule has 0 aromatic carbocycles. The number of guanidine groups is 1. The van der Waals surface area contributed by atoms with Crippen molar-refractivity contribution in [3.05, 3.63) is 0 Å². The first-order valence-electron chi connectivity index (χ1n) is 11.4. The van der Waals surface area contributed by atoms with E-state index in [1.807, 2.05) is 0 Å². The molecule has 1 fully saturated rings. The van der Waals surface area contributed by atoms with Crippen LogP contribution in [-0.2, 0) is 24.0 Å². The lowest BCUT2D eigenvalue weighted by Crippen LogP contribution is -2.58. The maximum absolute atomic E-state index is 13.2. The monoisotopic (exact) mass is 482 g/mol. The normalized spacial score (nSPS) is 18.0. The van der Waals surface area contributed by atoms with Gasteiger partial charge in [0, 0.05) is 19.5 Å². The Morgan fingerprint density at radius 3 is 2.32 bits per heavy atom. The quantitative estimate of drug-likeness (QED) is 0.0666. The van der Waals surface area contributed by atoms with E-state index >= 15 is 0 Å². The zero-order valence-corrected chi connectivity index (χ0v) is 19.9. The van der Waals surface area contributed by atoms with Crippen molar-refractivity contribution in [2.24, 2.45) is 33.8 Å². The Balaban J connectivity index is 2.93. The molecular weight excluding hydrogens is 444 g/mol. The summed E-state index contributed by atoms with van der Waals surface area (Å²) in [6.07, 6.45) is 2.61. The third-order valence-corrected chi connectivity index (χ3v) is 5.58. The number of amides is 4. The molecule has 1 rings (SSSR count). The van der Waals surface area contributed by atoms with Gasteiger partial charge in [0.15, 0.2) is 5.96 Å². The molecule has 192 valence electrons. The predicted molar refractivity (Wildman–Crippen MR) is 126 cm³/mol. The number of rotatable bonds is 14. The van der Waals surface area contributed by atoms with Crippen LogP contribution in [-0.4, -0.2) is 78.0 Å². The van der Waals surface area contributed by atoms with Gasteiger partial charge in [0.05, 0.1) is 12.1 Å². The Morgan fingerprint density at radius 2 is 1.76 bits per heavy atom. The molecule has 0 unspecified atom stereocenters. The summed E-state index contributed by atoms with van der Waals surface area (Å²) in [6, 6.07) is -3.45. The minimum Gasteiger partial charge on any atom is -0.370 e. The van der Waals surface area contributed by atoms with E-state index in [1.54, 1.807) is 13.8 Å². The number of likely N-dealkylation sites (tertiary alicyclic amines) is 1. The van der Waals surface area contributed by atoms with Crippen molar-refractivity contribution in [1.82, 2.24) is 15.5 Å². The van der Waals surface area contributed by atoms with Crippen LogP contribution < -0.4 is 33.6 Å². The summed E-state index contributed by atoms with van der Waals surface area (Å²) in [4.78, 5) is 66.3. The average molecular weight is 483 g/mol. The van der Waals surface area contributed by atoms with Crippen molar-refractivity contribution >= 4 is 35.9 Å². The van der Waals surface area contributed by atoms with E-state index in [-0.39, 0.29) is 43.6 Å². The van der Waals surface area contributed by atoms with Crippen LogP contribution in [0.1, 0.15) is 52.4 Å². The second-order valence-electron chi connectivity index (χ2n) is 8.73. The third kappa shape index (κ3) is 9.33. The lowest BCUT2D eigenvalue weighted by Gasteiger charge is -2.29. The maximum Gasteiger partial charge on any atom is 0.245 e. The van der Waals surface area contributed by atoms with Crippen molar-refractivity contribution in [2.75, 3.05) is 13.1 Å². The van der Waals surface area contributed by atoms with Gasteiger partial charge in [0.1, 0.15) is 18.4 Å². The highest BCUT2D eigenvalue weighted by Crippen LogP contribution is 2.18. The number of primary amides is 1. The van der Waals surface area contributed by atoms with Gasteiger partial charge < -0.3 is 43.3 Å². The Bertz CT molecular complexity index is 768. The average Bonchev–Trinajstić information content (AvgIpc) is 3.25. The largest absolute Gasteiger partial charge is 0.370 e. The number of aliphatic imine (C=N–C) groups is 1. The third-order valence-electron chi connectivity index (χ3n) is 5.58. The van der Waals surface area contributed by atoms with Crippen molar-refractivity contribution in [3.63, 3.8) is 0 Å². The molecule has 13 heteroatoms. The molecule has 0 aromatic heterocycles. The van der Waals surface area contributed by atoms with E-state index in [2.05, 4.69) is 15.6 Å². The van der Waals surface area contributed by atoms with Gasteiger partial charge in [0.25, 0.3) is 0 Å². The molecule has 0 bridgehead atoms. The fourth-order valence-electron chi connectivity index (χ4n) is 3.65. The lowest BCUT2D eigenvalue weighted by molar-refractivity contribution is -0.139. The van der Waals surface area contributed by atoms with Crippen LogP contribution in [0.15, 0.2) is 4.99 Å². The van der Waals surface area contributed by atoms with E-state index < -0.39 is 41.9 Å². The summed E-state index contributed by atoms with van der Waals surface area (Å²) >= 11 is 0. The van der Waals surface area contributed by atoms with Crippen LogP contribution in [0.3, 0.4) is 0 Å². The number of carbonyl (C=O) groups is 5. The number of aldehydes is 1. The molecule has 0 radical (unpaired) electrons. The van der Waals surface area contributed by atoms with Gasteiger partial charge >= 0.3 is 0 Å². The molecule has 0 spiro atoms. The molecule has 10 N–H and O–H groups in total. The first-order chi connectivity index (χ1) is 16.0. The van der Waals surface area contributed by atoms with Gasteiger partial charge in [-0.3, -0.25) is 24.2 Å². The Labute approximate surface area is 199 Å². The van der Waals surface area contributed by atoms with Crippen LogP contribution in [0.2, 0.25) is 0 Å². The van der Waals surface area contributed by atoms with Crippen LogP contribution in [0, 0.1) is 5.92 Å². The van der Waals surface area contributed by atoms with Gasteiger partial charge in [-0.15, -0.1) is 0 Å². The first kappa shape index (κ1) is 28.8. The Kier molecular flexibility index (Phi) is 12.0. The van der Waals surface area contributed by atoms with E-state index in [0.717, 1.165) is 6.29 Å². The molecule has 13 nitrogen and oxygen atoms in total. The highest BCUT2D eigenvalue weighted by atomic mass is 16.2. The zero-order valence-electron chi connectivity index (χ0n) is 19.9. The fourth-order valence-corrected chi connectivity index (χ4v) is 3.65. The molecule has 1 saturated heterocycles. The van der Waals surface area contributed by atoms with E-state index in [1.165, 1.54) is 4.90 Å². The Hall–Kier alpha value is -3.22. The number of nitrogens with zero attached hydrogens (tertiary/aromatic N) is 2.